The molecular weight excluding hydrogens is 277 g/mol. The summed E-state index contributed by atoms with van der Waals surface area (Å²) >= 11 is 6.00. The van der Waals surface area contributed by atoms with Crippen molar-refractivity contribution in [2.75, 3.05) is 5.32 Å². The van der Waals surface area contributed by atoms with Crippen LogP contribution < -0.4 is 5.32 Å². The Morgan fingerprint density at radius 3 is 2.42 bits per heavy atom. The zero-order chi connectivity index (χ0) is 14.0. The SMILES string of the molecule is Cc1ccnc(Cl)c1NC1CCC(C(F)(F)F)CC1. The van der Waals surface area contributed by atoms with Gasteiger partial charge in [0, 0.05) is 12.2 Å². The van der Waals surface area contributed by atoms with Gasteiger partial charge in [-0.3, -0.25) is 0 Å². The molecule has 1 heterocycles. The highest BCUT2D eigenvalue weighted by atomic mass is 35.5. The highest BCUT2D eigenvalue weighted by molar-refractivity contribution is 6.32. The predicted molar refractivity (Wildman–Crippen MR) is 69.4 cm³/mol. The molecule has 0 radical (unpaired) electrons. The molecule has 0 aromatic carbocycles. The summed E-state index contributed by atoms with van der Waals surface area (Å²) in [7, 11) is 0. The smallest absolute Gasteiger partial charge is 0.380 e. The van der Waals surface area contributed by atoms with Crippen LogP contribution in [0, 0.1) is 12.8 Å². The molecule has 106 valence electrons. The number of hydrogen-bond donors (Lipinski definition) is 1. The third-order valence-corrected chi connectivity index (χ3v) is 3.94. The van der Waals surface area contributed by atoms with E-state index in [4.69, 9.17) is 11.6 Å². The Morgan fingerprint density at radius 2 is 1.89 bits per heavy atom. The van der Waals surface area contributed by atoms with Gasteiger partial charge < -0.3 is 5.32 Å². The molecule has 2 rings (SSSR count). The maximum Gasteiger partial charge on any atom is 0.391 e. The number of hydrogen-bond acceptors (Lipinski definition) is 2. The summed E-state index contributed by atoms with van der Waals surface area (Å²) in [4.78, 5) is 3.98. The number of rotatable bonds is 2. The van der Waals surface area contributed by atoms with Crippen molar-refractivity contribution in [1.29, 1.82) is 0 Å². The van der Waals surface area contributed by atoms with Crippen molar-refractivity contribution < 1.29 is 13.2 Å². The van der Waals surface area contributed by atoms with E-state index >= 15 is 0 Å². The molecule has 0 spiro atoms. The number of aromatic nitrogens is 1. The number of alkyl halides is 3. The highest BCUT2D eigenvalue weighted by Gasteiger charge is 2.41. The molecule has 2 nitrogen and oxygen atoms in total. The Morgan fingerprint density at radius 1 is 1.26 bits per heavy atom. The molecule has 1 N–H and O–H groups in total. The lowest BCUT2D eigenvalue weighted by Gasteiger charge is -2.31. The van der Waals surface area contributed by atoms with Crippen LogP contribution in [0.1, 0.15) is 31.2 Å². The van der Waals surface area contributed by atoms with Crippen LogP contribution in [0.15, 0.2) is 12.3 Å². The van der Waals surface area contributed by atoms with Crippen LogP contribution in [0.2, 0.25) is 5.15 Å². The maximum atomic E-state index is 12.6. The van der Waals surface area contributed by atoms with Crippen LogP contribution in [0.5, 0.6) is 0 Å². The van der Waals surface area contributed by atoms with Gasteiger partial charge in [0.15, 0.2) is 5.15 Å². The molecule has 6 heteroatoms. The zero-order valence-corrected chi connectivity index (χ0v) is 11.4. The fourth-order valence-corrected chi connectivity index (χ4v) is 2.73. The monoisotopic (exact) mass is 292 g/mol. The Bertz CT molecular complexity index is 420. The first kappa shape index (κ1) is 14.4. The van der Waals surface area contributed by atoms with Gasteiger partial charge in [-0.05, 0) is 44.2 Å². The van der Waals surface area contributed by atoms with Crippen LogP contribution in [0.25, 0.3) is 0 Å². The number of pyridine rings is 1. The lowest BCUT2D eigenvalue weighted by Crippen LogP contribution is -2.33. The van der Waals surface area contributed by atoms with Gasteiger partial charge in [-0.25, -0.2) is 4.98 Å². The molecule has 0 saturated heterocycles. The molecule has 0 amide bonds. The number of aryl methyl sites for hydroxylation is 1. The average molecular weight is 293 g/mol. The first-order chi connectivity index (χ1) is 8.88. The molecule has 0 aliphatic heterocycles. The number of halogens is 4. The normalized spacial score (nSPS) is 24.3. The quantitative estimate of drug-likeness (QED) is 0.807. The first-order valence-electron chi connectivity index (χ1n) is 6.32. The Labute approximate surface area is 115 Å². The minimum Gasteiger partial charge on any atom is -0.380 e. The minimum atomic E-state index is -4.06. The summed E-state index contributed by atoms with van der Waals surface area (Å²) in [6.07, 6.45) is -1.07. The summed E-state index contributed by atoms with van der Waals surface area (Å²) in [5, 5.41) is 3.60. The lowest BCUT2D eigenvalue weighted by molar-refractivity contribution is -0.182. The van der Waals surface area contributed by atoms with Crippen molar-refractivity contribution >= 4 is 17.3 Å². The number of anilines is 1. The van der Waals surface area contributed by atoms with E-state index in [1.807, 2.05) is 13.0 Å². The summed E-state index contributed by atoms with van der Waals surface area (Å²) in [5.74, 6) is -1.16. The molecular formula is C13H16ClF3N2. The molecule has 1 aliphatic carbocycles. The summed E-state index contributed by atoms with van der Waals surface area (Å²) in [5.41, 5.74) is 1.69. The van der Waals surface area contributed by atoms with Crippen LogP contribution in [-0.4, -0.2) is 17.2 Å². The van der Waals surface area contributed by atoms with E-state index in [1.165, 1.54) is 0 Å². The fourth-order valence-electron chi connectivity index (χ4n) is 2.47. The van der Waals surface area contributed by atoms with Crippen molar-refractivity contribution in [2.45, 2.75) is 44.8 Å². The van der Waals surface area contributed by atoms with Crippen molar-refractivity contribution in [2.24, 2.45) is 5.92 Å². The molecule has 19 heavy (non-hydrogen) atoms. The van der Waals surface area contributed by atoms with Crippen molar-refractivity contribution in [1.82, 2.24) is 4.98 Å². The lowest BCUT2D eigenvalue weighted by atomic mass is 9.85. The summed E-state index contributed by atoms with van der Waals surface area (Å²) < 4.78 is 37.7. The second-order valence-corrected chi connectivity index (χ2v) is 5.39. The van der Waals surface area contributed by atoms with Gasteiger partial charge in [-0.1, -0.05) is 11.6 Å². The second-order valence-electron chi connectivity index (χ2n) is 5.03. The van der Waals surface area contributed by atoms with E-state index in [1.54, 1.807) is 6.20 Å². The Hall–Kier alpha value is -0.970. The number of nitrogens with zero attached hydrogens (tertiary/aromatic N) is 1. The largest absolute Gasteiger partial charge is 0.391 e. The van der Waals surface area contributed by atoms with Gasteiger partial charge in [0.2, 0.25) is 0 Å². The van der Waals surface area contributed by atoms with E-state index in [0.29, 0.717) is 18.0 Å². The average Bonchev–Trinajstić information content (AvgIpc) is 2.33. The second kappa shape index (κ2) is 5.57. The van der Waals surface area contributed by atoms with E-state index in [9.17, 15) is 13.2 Å². The maximum absolute atomic E-state index is 12.6. The van der Waals surface area contributed by atoms with Crippen molar-refractivity contribution in [3.8, 4) is 0 Å². The van der Waals surface area contributed by atoms with E-state index in [-0.39, 0.29) is 18.9 Å². The molecule has 0 bridgehead atoms. The third-order valence-electron chi connectivity index (χ3n) is 3.65. The van der Waals surface area contributed by atoms with Crippen LogP contribution in [0.3, 0.4) is 0 Å². The Balaban J connectivity index is 1.96. The Kier molecular flexibility index (Phi) is 4.23. The van der Waals surface area contributed by atoms with Crippen LogP contribution in [0.4, 0.5) is 18.9 Å². The van der Waals surface area contributed by atoms with E-state index < -0.39 is 12.1 Å². The topological polar surface area (TPSA) is 24.9 Å². The van der Waals surface area contributed by atoms with Crippen LogP contribution in [-0.2, 0) is 0 Å². The fraction of sp³-hybridized carbons (Fsp3) is 0.615. The third kappa shape index (κ3) is 3.53. The number of nitrogens with one attached hydrogen (secondary N) is 1. The van der Waals surface area contributed by atoms with E-state index in [2.05, 4.69) is 10.3 Å². The molecule has 1 aromatic heterocycles. The first-order valence-corrected chi connectivity index (χ1v) is 6.70. The molecule has 1 aromatic rings. The van der Waals surface area contributed by atoms with Gasteiger partial charge in [-0.15, -0.1) is 0 Å². The molecule has 1 fully saturated rings. The molecule has 0 atom stereocenters. The van der Waals surface area contributed by atoms with Gasteiger partial charge >= 0.3 is 6.18 Å². The van der Waals surface area contributed by atoms with Gasteiger partial charge in [0.1, 0.15) is 0 Å². The van der Waals surface area contributed by atoms with E-state index in [0.717, 1.165) is 11.3 Å². The van der Waals surface area contributed by atoms with Gasteiger partial charge in [0.25, 0.3) is 0 Å². The predicted octanol–water partition coefficient (Wildman–Crippen LogP) is 4.58. The standard InChI is InChI=1S/C13H16ClF3N2/c1-8-6-7-18-12(14)11(8)19-10-4-2-9(3-5-10)13(15,16)17/h6-7,9-10,19H,2-5H2,1H3. The highest BCUT2D eigenvalue weighted by Crippen LogP contribution is 2.38. The molecule has 1 saturated carbocycles. The van der Waals surface area contributed by atoms with Crippen molar-refractivity contribution in [3.63, 3.8) is 0 Å². The van der Waals surface area contributed by atoms with Crippen molar-refractivity contribution in [3.05, 3.63) is 23.0 Å². The van der Waals surface area contributed by atoms with Gasteiger partial charge in [-0.2, -0.15) is 13.2 Å². The van der Waals surface area contributed by atoms with Gasteiger partial charge in [0.05, 0.1) is 11.6 Å². The summed E-state index contributed by atoms with van der Waals surface area (Å²) in [6.45, 7) is 1.90. The minimum absolute atomic E-state index is 0.0407. The summed E-state index contributed by atoms with van der Waals surface area (Å²) in [6, 6.07) is 1.87. The van der Waals surface area contributed by atoms with Crippen LogP contribution >= 0.6 is 11.6 Å². The molecule has 0 unspecified atom stereocenters. The zero-order valence-electron chi connectivity index (χ0n) is 10.6. The molecule has 1 aliphatic rings.